The van der Waals surface area contributed by atoms with Gasteiger partial charge in [-0.15, -0.1) is 0 Å². The van der Waals surface area contributed by atoms with Gasteiger partial charge >= 0.3 is 15.5 Å². The fourth-order valence-corrected chi connectivity index (χ4v) is 3.94. The molecule has 1 atom stereocenters. The molecule has 2 saturated heterocycles. The number of hydrogen-bond acceptors (Lipinski definition) is 5. The molecule has 0 aromatic carbocycles. The molecule has 1 spiro atoms. The molecule has 10 heteroatoms. The van der Waals surface area contributed by atoms with E-state index in [9.17, 15) is 21.6 Å². The summed E-state index contributed by atoms with van der Waals surface area (Å²) in [4.78, 5) is 3.90. The first-order valence-corrected chi connectivity index (χ1v) is 8.42. The van der Waals surface area contributed by atoms with Crippen LogP contribution in [-0.2, 0) is 14.8 Å². The average molecular weight is 352 g/mol. The molecule has 23 heavy (non-hydrogen) atoms. The van der Waals surface area contributed by atoms with E-state index in [-0.39, 0.29) is 25.6 Å². The highest BCUT2D eigenvalue weighted by Crippen LogP contribution is 2.43. The van der Waals surface area contributed by atoms with Crippen LogP contribution in [0, 0.1) is 5.92 Å². The van der Waals surface area contributed by atoms with E-state index in [4.69, 9.17) is 9.47 Å². The van der Waals surface area contributed by atoms with Gasteiger partial charge in [-0.25, -0.2) is 8.42 Å². The quantitative estimate of drug-likeness (QED) is 0.819. The van der Waals surface area contributed by atoms with Crippen molar-refractivity contribution in [3.63, 3.8) is 0 Å². The van der Waals surface area contributed by atoms with Gasteiger partial charge in [0.05, 0.1) is 12.8 Å². The van der Waals surface area contributed by atoms with Crippen LogP contribution in [0.2, 0.25) is 0 Å². The molecule has 0 amide bonds. The molecule has 0 saturated carbocycles. The van der Waals surface area contributed by atoms with Crippen LogP contribution >= 0.6 is 0 Å². The highest BCUT2D eigenvalue weighted by Gasteiger charge is 2.62. The van der Waals surface area contributed by atoms with Crippen molar-refractivity contribution < 1.29 is 31.1 Å². The number of rotatable bonds is 4. The Morgan fingerprint density at radius 3 is 2.78 bits per heavy atom. The Kier molecular flexibility index (Phi) is 4.01. The van der Waals surface area contributed by atoms with E-state index < -0.39 is 21.1 Å². The first-order valence-electron chi connectivity index (χ1n) is 6.98. The third-order valence-electron chi connectivity index (χ3n) is 4.21. The highest BCUT2D eigenvalue weighted by atomic mass is 32.2. The second kappa shape index (κ2) is 5.60. The lowest BCUT2D eigenvalue weighted by Gasteiger charge is -2.48. The number of hydrogen-bond donors (Lipinski definition) is 0. The molecule has 0 bridgehead atoms. The van der Waals surface area contributed by atoms with Gasteiger partial charge in [0.15, 0.2) is 0 Å². The predicted molar refractivity (Wildman–Crippen MR) is 73.1 cm³/mol. The van der Waals surface area contributed by atoms with Crippen molar-refractivity contribution in [2.75, 3.05) is 26.3 Å². The summed E-state index contributed by atoms with van der Waals surface area (Å²) >= 11 is 0. The lowest BCUT2D eigenvalue weighted by atomic mass is 9.83. The number of pyridine rings is 1. The van der Waals surface area contributed by atoms with Gasteiger partial charge in [-0.3, -0.25) is 4.98 Å². The van der Waals surface area contributed by atoms with Crippen molar-refractivity contribution in [1.29, 1.82) is 0 Å². The van der Waals surface area contributed by atoms with Crippen molar-refractivity contribution in [2.45, 2.75) is 17.5 Å². The third kappa shape index (κ3) is 2.90. The van der Waals surface area contributed by atoms with Crippen LogP contribution in [-0.4, -0.2) is 55.1 Å². The highest BCUT2D eigenvalue weighted by molar-refractivity contribution is 7.90. The largest absolute Gasteiger partial charge is 0.511 e. The first-order chi connectivity index (χ1) is 10.7. The molecule has 3 rings (SSSR count). The number of nitrogens with zero attached hydrogens (tertiary/aromatic N) is 2. The normalized spacial score (nSPS) is 24.6. The lowest BCUT2D eigenvalue weighted by Crippen LogP contribution is -2.68. The minimum Gasteiger partial charge on any atom is -0.492 e. The van der Waals surface area contributed by atoms with Crippen molar-refractivity contribution in [3.05, 3.63) is 24.5 Å². The van der Waals surface area contributed by atoms with E-state index >= 15 is 0 Å². The predicted octanol–water partition coefficient (Wildman–Crippen LogP) is 1.40. The summed E-state index contributed by atoms with van der Waals surface area (Å²) in [5.41, 5.74) is -6.17. The van der Waals surface area contributed by atoms with Crippen LogP contribution in [0.1, 0.15) is 6.42 Å². The summed E-state index contributed by atoms with van der Waals surface area (Å²) < 4.78 is 71.9. The van der Waals surface area contributed by atoms with Crippen LogP contribution in [0.15, 0.2) is 24.5 Å². The minimum absolute atomic E-state index is 0.164. The van der Waals surface area contributed by atoms with E-state index in [0.29, 0.717) is 23.1 Å². The van der Waals surface area contributed by atoms with Gasteiger partial charge < -0.3 is 9.47 Å². The molecule has 0 N–H and O–H groups in total. The van der Waals surface area contributed by atoms with Crippen molar-refractivity contribution in [3.8, 4) is 5.75 Å². The Bertz CT molecular complexity index is 660. The fourth-order valence-electron chi connectivity index (χ4n) is 2.87. The Labute approximate surface area is 131 Å². The molecule has 6 nitrogen and oxygen atoms in total. The third-order valence-corrected chi connectivity index (χ3v) is 5.73. The van der Waals surface area contributed by atoms with Crippen LogP contribution in [0.25, 0.3) is 0 Å². The second-order valence-electron chi connectivity index (χ2n) is 5.62. The van der Waals surface area contributed by atoms with Gasteiger partial charge in [-0.2, -0.15) is 17.5 Å². The molecule has 2 aliphatic heterocycles. The van der Waals surface area contributed by atoms with Crippen LogP contribution in [0.5, 0.6) is 5.75 Å². The van der Waals surface area contributed by atoms with E-state index in [1.54, 1.807) is 18.3 Å². The average Bonchev–Trinajstić information content (AvgIpc) is 2.87. The van der Waals surface area contributed by atoms with Crippen molar-refractivity contribution in [1.82, 2.24) is 9.29 Å². The Morgan fingerprint density at radius 2 is 2.17 bits per heavy atom. The zero-order chi connectivity index (χ0) is 16.7. The van der Waals surface area contributed by atoms with Crippen LogP contribution in [0.3, 0.4) is 0 Å². The number of alkyl halides is 3. The van der Waals surface area contributed by atoms with Gasteiger partial charge in [0.25, 0.3) is 0 Å². The Hall–Kier alpha value is -1.39. The number of sulfonamides is 1. The molecule has 1 aromatic rings. The summed E-state index contributed by atoms with van der Waals surface area (Å²) in [6.07, 6.45) is 3.74. The molecule has 128 valence electrons. The zero-order valence-corrected chi connectivity index (χ0v) is 12.8. The summed E-state index contributed by atoms with van der Waals surface area (Å²) in [5.74, 6) is 0.385. The molecule has 2 fully saturated rings. The fraction of sp³-hybridized carbons (Fsp3) is 0.615. The molecule has 0 unspecified atom stereocenters. The maximum absolute atomic E-state index is 12.5. The molecule has 0 radical (unpaired) electrons. The molecule has 1 aromatic heterocycles. The minimum atomic E-state index is -5.29. The molecule has 3 heterocycles. The summed E-state index contributed by atoms with van der Waals surface area (Å²) in [6, 6.07) is 3.42. The summed E-state index contributed by atoms with van der Waals surface area (Å²) in [5, 5.41) is 0. The van der Waals surface area contributed by atoms with Gasteiger partial charge in [0.2, 0.25) is 0 Å². The van der Waals surface area contributed by atoms with Crippen molar-refractivity contribution in [2.24, 2.45) is 5.92 Å². The van der Waals surface area contributed by atoms with E-state index in [0.717, 1.165) is 0 Å². The number of halogens is 3. The van der Waals surface area contributed by atoms with Gasteiger partial charge in [0, 0.05) is 31.8 Å². The smallest absolute Gasteiger partial charge is 0.492 e. The lowest BCUT2D eigenvalue weighted by molar-refractivity contribution is -0.117. The maximum Gasteiger partial charge on any atom is 0.511 e. The number of ether oxygens (including phenoxy) is 2. The summed E-state index contributed by atoms with van der Waals surface area (Å²) in [6.45, 7) is 0.0262. The standard InChI is InChI=1S/C13H15F3N2O4S/c14-13(15,16)23(19,20)18-8-12(9-18)10(3-5-22-12)7-21-11-2-1-4-17-6-11/h1-2,4,6,10H,3,5,7-9H2/t10-/m1/s1. The monoisotopic (exact) mass is 352 g/mol. The molecule has 0 aliphatic carbocycles. The zero-order valence-electron chi connectivity index (χ0n) is 12.0. The van der Waals surface area contributed by atoms with Gasteiger partial charge in [-0.1, -0.05) is 0 Å². The van der Waals surface area contributed by atoms with E-state index in [1.807, 2.05) is 0 Å². The Morgan fingerprint density at radius 1 is 1.43 bits per heavy atom. The topological polar surface area (TPSA) is 68.7 Å². The summed E-state index contributed by atoms with van der Waals surface area (Å²) in [7, 11) is -5.29. The second-order valence-corrected chi connectivity index (χ2v) is 7.55. The molecule has 2 aliphatic rings. The number of aromatic nitrogens is 1. The molecular weight excluding hydrogens is 337 g/mol. The van der Waals surface area contributed by atoms with Gasteiger partial charge in [-0.05, 0) is 18.6 Å². The van der Waals surface area contributed by atoms with Crippen LogP contribution < -0.4 is 4.74 Å². The molecular formula is C13H15F3N2O4S. The van der Waals surface area contributed by atoms with E-state index in [1.165, 1.54) is 6.20 Å². The van der Waals surface area contributed by atoms with Crippen molar-refractivity contribution >= 4 is 10.0 Å². The van der Waals surface area contributed by atoms with E-state index in [2.05, 4.69) is 4.98 Å². The first kappa shape index (κ1) is 16.5. The maximum atomic E-state index is 12.5. The SMILES string of the molecule is O=S(=O)(N1CC2(C1)OCC[C@@H]2COc1cccnc1)C(F)(F)F. The Balaban J connectivity index is 1.63. The van der Waals surface area contributed by atoms with Crippen LogP contribution in [0.4, 0.5) is 13.2 Å². The van der Waals surface area contributed by atoms with Gasteiger partial charge in [0.1, 0.15) is 11.4 Å².